The van der Waals surface area contributed by atoms with Crippen LogP contribution in [0.4, 0.5) is 10.6 Å². The number of ether oxygens (including phenoxy) is 3. The highest BCUT2D eigenvalue weighted by molar-refractivity contribution is 5.87. The number of imidazole rings is 1. The van der Waals surface area contributed by atoms with Crippen LogP contribution in [-0.2, 0) is 25.5 Å². The fraction of sp³-hybridized carbons (Fsp3) is 0.517. The zero-order chi connectivity index (χ0) is 31.4. The van der Waals surface area contributed by atoms with Crippen LogP contribution in [0.15, 0.2) is 36.9 Å². The molecule has 1 aromatic carbocycles. The molecule has 1 aliphatic carbocycles. The van der Waals surface area contributed by atoms with E-state index in [2.05, 4.69) is 25.6 Å². The van der Waals surface area contributed by atoms with E-state index in [1.165, 1.54) is 17.2 Å². The maximum Gasteiger partial charge on any atom is 0.408 e. The van der Waals surface area contributed by atoms with E-state index >= 15 is 0 Å². The van der Waals surface area contributed by atoms with Gasteiger partial charge in [0.2, 0.25) is 5.91 Å². The van der Waals surface area contributed by atoms with E-state index in [0.29, 0.717) is 42.0 Å². The lowest BCUT2D eigenvalue weighted by Crippen LogP contribution is -2.55. The maximum atomic E-state index is 13.7. The largest absolute Gasteiger partial charge is 0.497 e. The van der Waals surface area contributed by atoms with Crippen molar-refractivity contribution < 1.29 is 38.8 Å². The van der Waals surface area contributed by atoms with Crippen molar-refractivity contribution in [2.24, 2.45) is 0 Å². The van der Waals surface area contributed by atoms with Crippen molar-refractivity contribution in [3.63, 3.8) is 0 Å². The fourth-order valence-corrected chi connectivity index (χ4v) is 5.54. The van der Waals surface area contributed by atoms with Gasteiger partial charge in [-0.2, -0.15) is 0 Å². The lowest BCUT2D eigenvalue weighted by Gasteiger charge is -2.26. The van der Waals surface area contributed by atoms with Gasteiger partial charge < -0.3 is 40.0 Å². The first-order chi connectivity index (χ1) is 21.2. The van der Waals surface area contributed by atoms with Crippen LogP contribution >= 0.6 is 0 Å². The molecule has 1 unspecified atom stereocenters. The van der Waals surface area contributed by atoms with Crippen molar-refractivity contribution in [2.75, 3.05) is 32.7 Å². The smallest absolute Gasteiger partial charge is 0.408 e. The van der Waals surface area contributed by atoms with Gasteiger partial charge in [0.1, 0.15) is 42.2 Å². The van der Waals surface area contributed by atoms with Crippen LogP contribution in [0.25, 0.3) is 11.2 Å². The number of nitrogens with one attached hydrogen (secondary N) is 2. The standard InChI is InChI=1S/C29H37N7O8/c1-35(2)25-23-26(31-14-30-25)36(15-32-23)28-24(39)22(21(13-37)44-28)34-27(40)20(11-16-7-9-18(42-3)10-8-16)33-29(41)43-19-6-4-5-17(38)12-19/h7-10,14-15,19-22,24,28,37,39H,4-6,11-13H2,1-3H3,(H,33,41)(H,34,40)/t19?,20-,21+,22+,24+,28+/m0/s1. The molecule has 1 aliphatic heterocycles. The molecule has 0 spiro atoms. The second-order valence-electron chi connectivity index (χ2n) is 11.1. The number of ketones is 1. The lowest BCUT2D eigenvalue weighted by atomic mass is 9.96. The molecular formula is C29H37N7O8. The monoisotopic (exact) mass is 611 g/mol. The number of benzene rings is 1. The normalized spacial score (nSPS) is 24.1. The molecule has 1 saturated carbocycles. The Labute approximate surface area is 253 Å². The average Bonchev–Trinajstić information content (AvgIpc) is 3.57. The predicted molar refractivity (Wildman–Crippen MR) is 156 cm³/mol. The third kappa shape index (κ3) is 6.74. The topological polar surface area (TPSA) is 190 Å². The summed E-state index contributed by atoms with van der Waals surface area (Å²) in [5.74, 6) is 0.595. The molecule has 15 heteroatoms. The molecule has 2 aliphatic rings. The number of fused-ring (bicyclic) bond motifs is 1. The highest BCUT2D eigenvalue weighted by Crippen LogP contribution is 2.32. The molecule has 0 radical (unpaired) electrons. The Morgan fingerprint density at radius 3 is 2.66 bits per heavy atom. The summed E-state index contributed by atoms with van der Waals surface area (Å²) in [6.07, 6.45) is -0.0198. The van der Waals surface area contributed by atoms with Gasteiger partial charge in [-0.05, 0) is 30.5 Å². The third-order valence-corrected chi connectivity index (χ3v) is 7.82. The minimum atomic E-state index is -1.31. The van der Waals surface area contributed by atoms with E-state index in [1.54, 1.807) is 36.3 Å². The number of nitrogens with zero attached hydrogens (tertiary/aromatic N) is 5. The number of amides is 2. The Bertz CT molecular complexity index is 1480. The molecule has 1 saturated heterocycles. The van der Waals surface area contributed by atoms with Gasteiger partial charge in [0, 0.05) is 33.4 Å². The molecule has 2 amide bonds. The van der Waals surface area contributed by atoms with Crippen LogP contribution in [0.5, 0.6) is 5.75 Å². The number of hydrogen-bond donors (Lipinski definition) is 4. The summed E-state index contributed by atoms with van der Waals surface area (Å²) in [4.78, 5) is 53.1. The first kappa shape index (κ1) is 31.1. The highest BCUT2D eigenvalue weighted by atomic mass is 16.6. The van der Waals surface area contributed by atoms with E-state index in [9.17, 15) is 24.6 Å². The quantitative estimate of drug-likeness (QED) is 0.249. The zero-order valence-corrected chi connectivity index (χ0v) is 24.8. The van der Waals surface area contributed by atoms with Gasteiger partial charge in [-0.3, -0.25) is 14.2 Å². The molecule has 3 heterocycles. The number of carbonyl (C=O) groups excluding carboxylic acids is 3. The van der Waals surface area contributed by atoms with Crippen LogP contribution < -0.4 is 20.3 Å². The van der Waals surface area contributed by atoms with Crippen LogP contribution in [0.3, 0.4) is 0 Å². The highest BCUT2D eigenvalue weighted by Gasteiger charge is 2.46. The summed E-state index contributed by atoms with van der Waals surface area (Å²) in [5, 5.41) is 26.8. The summed E-state index contributed by atoms with van der Waals surface area (Å²) in [6, 6.07) is 4.83. The Kier molecular flexibility index (Phi) is 9.56. The van der Waals surface area contributed by atoms with Gasteiger partial charge in [0.25, 0.3) is 0 Å². The summed E-state index contributed by atoms with van der Waals surface area (Å²) in [5.41, 5.74) is 1.61. The molecule has 2 fully saturated rings. The minimum absolute atomic E-state index is 0.0245. The molecule has 0 bridgehead atoms. The number of hydrogen-bond acceptors (Lipinski definition) is 12. The minimum Gasteiger partial charge on any atom is -0.497 e. The van der Waals surface area contributed by atoms with E-state index in [0.717, 1.165) is 5.56 Å². The second-order valence-corrected chi connectivity index (χ2v) is 11.1. The Morgan fingerprint density at radius 1 is 1.20 bits per heavy atom. The van der Waals surface area contributed by atoms with Crippen molar-refractivity contribution in [1.82, 2.24) is 30.2 Å². The van der Waals surface area contributed by atoms with Gasteiger partial charge in [-0.15, -0.1) is 0 Å². The average molecular weight is 612 g/mol. The predicted octanol–water partition coefficient (Wildman–Crippen LogP) is 0.486. The molecule has 2 aromatic heterocycles. The third-order valence-electron chi connectivity index (χ3n) is 7.82. The number of rotatable bonds is 10. The molecule has 3 aromatic rings. The number of anilines is 1. The van der Waals surface area contributed by atoms with Crippen molar-refractivity contribution >= 4 is 34.8 Å². The lowest BCUT2D eigenvalue weighted by molar-refractivity contribution is -0.125. The van der Waals surface area contributed by atoms with Gasteiger partial charge >= 0.3 is 6.09 Å². The Hall–Kier alpha value is -4.34. The van der Waals surface area contributed by atoms with Crippen LogP contribution in [-0.4, -0.2) is 106 Å². The van der Waals surface area contributed by atoms with Crippen LogP contribution in [0, 0.1) is 0 Å². The van der Waals surface area contributed by atoms with Crippen LogP contribution in [0.1, 0.15) is 37.5 Å². The number of alkyl carbamates (subject to hydrolysis) is 1. The number of aliphatic hydroxyl groups is 2. The van der Waals surface area contributed by atoms with Gasteiger partial charge in [0.05, 0.1) is 26.1 Å². The number of Topliss-reactive ketones (excluding diaryl/α,β-unsaturated/α-hetero) is 1. The number of methoxy groups -OCH3 is 1. The van der Waals surface area contributed by atoms with Crippen molar-refractivity contribution in [3.05, 3.63) is 42.5 Å². The number of carbonyl (C=O) groups is 3. The van der Waals surface area contributed by atoms with Crippen molar-refractivity contribution in [2.45, 2.75) is 68.7 Å². The maximum absolute atomic E-state index is 13.7. The second kappa shape index (κ2) is 13.5. The summed E-state index contributed by atoms with van der Waals surface area (Å²) >= 11 is 0. The van der Waals surface area contributed by atoms with E-state index < -0.39 is 55.2 Å². The molecule has 15 nitrogen and oxygen atoms in total. The van der Waals surface area contributed by atoms with E-state index in [1.807, 2.05) is 14.1 Å². The summed E-state index contributed by atoms with van der Waals surface area (Å²) in [6.45, 7) is -0.503. The SMILES string of the molecule is COc1ccc(C[C@H](NC(=O)OC2CCCC(=O)C2)C(=O)N[C@H]2[C@@H](O)[C@H](n3cnc4c(N(C)C)ncnc43)O[C@@H]2CO)cc1. The first-order valence-electron chi connectivity index (χ1n) is 14.4. The first-order valence-corrected chi connectivity index (χ1v) is 14.4. The number of aromatic nitrogens is 4. The zero-order valence-electron chi connectivity index (χ0n) is 24.8. The van der Waals surface area contributed by atoms with Crippen molar-refractivity contribution in [1.29, 1.82) is 0 Å². The van der Waals surface area contributed by atoms with Crippen LogP contribution in [0.2, 0.25) is 0 Å². The summed E-state index contributed by atoms with van der Waals surface area (Å²) < 4.78 is 18.2. The number of aliphatic hydroxyl groups excluding tert-OH is 2. The van der Waals surface area contributed by atoms with E-state index in [-0.39, 0.29) is 18.6 Å². The summed E-state index contributed by atoms with van der Waals surface area (Å²) in [7, 11) is 5.17. The molecule has 236 valence electrons. The van der Waals surface area contributed by atoms with Crippen molar-refractivity contribution in [3.8, 4) is 5.75 Å². The Morgan fingerprint density at radius 2 is 1.98 bits per heavy atom. The molecule has 5 rings (SSSR count). The van der Waals surface area contributed by atoms with E-state index in [4.69, 9.17) is 14.2 Å². The van der Waals surface area contributed by atoms with Gasteiger partial charge in [0.15, 0.2) is 23.2 Å². The van der Waals surface area contributed by atoms with Gasteiger partial charge in [-0.25, -0.2) is 19.7 Å². The molecular weight excluding hydrogens is 574 g/mol. The Balaban J connectivity index is 1.34. The molecule has 6 atom stereocenters. The van der Waals surface area contributed by atoms with Gasteiger partial charge in [-0.1, -0.05) is 12.1 Å². The molecule has 4 N–H and O–H groups in total. The molecule has 44 heavy (non-hydrogen) atoms. The fourth-order valence-electron chi connectivity index (χ4n) is 5.54.